The summed E-state index contributed by atoms with van der Waals surface area (Å²) in [5.74, 6) is 0.462. The van der Waals surface area contributed by atoms with Crippen molar-refractivity contribution in [1.82, 2.24) is 10.3 Å². The second-order valence-corrected chi connectivity index (χ2v) is 7.09. The predicted molar refractivity (Wildman–Crippen MR) is 109 cm³/mol. The largest absolute Gasteiger partial charge is 0.497 e. The third-order valence-electron chi connectivity index (χ3n) is 5.20. The molecule has 0 radical (unpaired) electrons. The Labute approximate surface area is 163 Å². The maximum atomic E-state index is 12.7. The van der Waals surface area contributed by atoms with Crippen molar-refractivity contribution in [2.24, 2.45) is 0 Å². The van der Waals surface area contributed by atoms with Crippen LogP contribution in [0.2, 0.25) is 0 Å². The first kappa shape index (κ1) is 18.3. The average Bonchev–Trinajstić information content (AvgIpc) is 3.23. The number of nitrogens with zero attached hydrogens (tertiary/aromatic N) is 1. The second kappa shape index (κ2) is 7.48. The van der Waals surface area contributed by atoms with E-state index in [4.69, 9.17) is 4.74 Å². The maximum Gasteiger partial charge on any atom is 0.251 e. The van der Waals surface area contributed by atoms with Crippen molar-refractivity contribution in [1.29, 1.82) is 0 Å². The van der Waals surface area contributed by atoms with E-state index < -0.39 is 6.04 Å². The van der Waals surface area contributed by atoms with Gasteiger partial charge in [-0.2, -0.15) is 0 Å². The Balaban J connectivity index is 1.41. The Morgan fingerprint density at radius 2 is 1.96 bits per heavy atom. The van der Waals surface area contributed by atoms with Gasteiger partial charge in [0.2, 0.25) is 5.91 Å². The van der Waals surface area contributed by atoms with Gasteiger partial charge in [-0.15, -0.1) is 0 Å². The van der Waals surface area contributed by atoms with E-state index in [2.05, 4.69) is 10.3 Å². The van der Waals surface area contributed by atoms with Gasteiger partial charge in [0.1, 0.15) is 5.75 Å². The van der Waals surface area contributed by atoms with Crippen LogP contribution in [0.3, 0.4) is 0 Å². The smallest absolute Gasteiger partial charge is 0.251 e. The predicted octanol–water partition coefficient (Wildman–Crippen LogP) is 2.95. The van der Waals surface area contributed by atoms with Crippen LogP contribution in [0.5, 0.6) is 5.75 Å². The van der Waals surface area contributed by atoms with E-state index >= 15 is 0 Å². The van der Waals surface area contributed by atoms with E-state index in [0.717, 1.165) is 34.2 Å². The van der Waals surface area contributed by atoms with Gasteiger partial charge in [0.15, 0.2) is 0 Å². The van der Waals surface area contributed by atoms with Gasteiger partial charge >= 0.3 is 0 Å². The lowest BCUT2D eigenvalue weighted by molar-refractivity contribution is -0.121. The van der Waals surface area contributed by atoms with E-state index in [1.165, 1.54) is 4.90 Å². The first-order valence-electron chi connectivity index (χ1n) is 9.37. The van der Waals surface area contributed by atoms with Crippen LogP contribution >= 0.6 is 0 Å². The molecule has 1 aliphatic heterocycles. The van der Waals surface area contributed by atoms with Crippen LogP contribution in [0.25, 0.3) is 10.9 Å². The number of anilines is 1. The summed E-state index contributed by atoms with van der Waals surface area (Å²) in [6.45, 7) is 2.58. The van der Waals surface area contributed by atoms with Crippen molar-refractivity contribution in [3.63, 3.8) is 0 Å². The van der Waals surface area contributed by atoms with Crippen molar-refractivity contribution in [3.05, 3.63) is 59.8 Å². The number of H-pyrrole nitrogens is 1. The topological polar surface area (TPSA) is 74.4 Å². The third-order valence-corrected chi connectivity index (χ3v) is 5.20. The lowest BCUT2D eigenvalue weighted by Crippen LogP contribution is -2.39. The molecule has 28 heavy (non-hydrogen) atoms. The van der Waals surface area contributed by atoms with Gasteiger partial charge in [0, 0.05) is 23.6 Å². The normalized spacial score (nSPS) is 16.9. The minimum atomic E-state index is -0.478. The molecule has 2 aromatic carbocycles. The van der Waals surface area contributed by atoms with Gasteiger partial charge in [-0.25, -0.2) is 4.90 Å². The molecule has 4 rings (SSSR count). The minimum Gasteiger partial charge on any atom is -0.497 e. The minimum absolute atomic E-state index is 0.164. The van der Waals surface area contributed by atoms with E-state index in [0.29, 0.717) is 12.2 Å². The number of aromatic nitrogens is 1. The van der Waals surface area contributed by atoms with Gasteiger partial charge in [-0.05, 0) is 49.2 Å². The number of benzene rings is 2. The fourth-order valence-corrected chi connectivity index (χ4v) is 3.63. The number of hydrogen-bond donors (Lipinski definition) is 2. The maximum absolute atomic E-state index is 12.7. The zero-order chi connectivity index (χ0) is 19.7. The molecule has 2 amide bonds. The van der Waals surface area contributed by atoms with Gasteiger partial charge in [-0.1, -0.05) is 17.7 Å². The molecule has 0 bridgehead atoms. The quantitative estimate of drug-likeness (QED) is 0.648. The van der Waals surface area contributed by atoms with E-state index in [1.807, 2.05) is 55.6 Å². The molecule has 1 aromatic heterocycles. The number of fused-ring (bicyclic) bond motifs is 1. The van der Waals surface area contributed by atoms with Crippen LogP contribution in [0.15, 0.2) is 48.7 Å². The molecule has 6 heteroatoms. The molecule has 6 nitrogen and oxygen atoms in total. The molecule has 1 fully saturated rings. The lowest BCUT2D eigenvalue weighted by atomic mass is 10.1. The first-order valence-corrected chi connectivity index (χ1v) is 9.37. The zero-order valence-corrected chi connectivity index (χ0v) is 16.0. The second-order valence-electron chi connectivity index (χ2n) is 7.09. The van der Waals surface area contributed by atoms with E-state index in [-0.39, 0.29) is 18.2 Å². The van der Waals surface area contributed by atoms with Crippen LogP contribution < -0.4 is 15.0 Å². The number of ether oxygens (including phenoxy) is 1. The Kier molecular flexibility index (Phi) is 4.88. The molecule has 2 heterocycles. The molecule has 0 spiro atoms. The molecule has 2 N–H and O–H groups in total. The molecular weight excluding hydrogens is 354 g/mol. The van der Waals surface area contributed by atoms with Crippen LogP contribution in [0.1, 0.15) is 17.5 Å². The standard InChI is InChI=1S/C22H23N3O3/c1-14-3-5-16(6-4-14)25-21(26)12-20(22(25)27)23-10-9-15-13-24-19-8-7-17(28-2)11-18(15)19/h3-8,11,13,20,23-24H,9-10,12H2,1-2H3. The Morgan fingerprint density at radius 1 is 1.18 bits per heavy atom. The van der Waals surface area contributed by atoms with Gasteiger partial charge in [-0.3, -0.25) is 9.59 Å². The summed E-state index contributed by atoms with van der Waals surface area (Å²) in [7, 11) is 1.65. The number of imide groups is 1. The van der Waals surface area contributed by atoms with Crippen molar-refractivity contribution in [2.45, 2.75) is 25.8 Å². The van der Waals surface area contributed by atoms with Crippen molar-refractivity contribution >= 4 is 28.4 Å². The summed E-state index contributed by atoms with van der Waals surface area (Å²) in [5, 5.41) is 4.35. The summed E-state index contributed by atoms with van der Waals surface area (Å²) in [4.78, 5) is 29.6. The monoisotopic (exact) mass is 377 g/mol. The number of carbonyl (C=O) groups excluding carboxylic acids is 2. The summed E-state index contributed by atoms with van der Waals surface area (Å²) in [6.07, 6.45) is 2.91. The van der Waals surface area contributed by atoms with Crippen LogP contribution in [-0.2, 0) is 16.0 Å². The molecule has 0 aliphatic carbocycles. The molecule has 1 atom stereocenters. The first-order chi connectivity index (χ1) is 13.6. The van der Waals surface area contributed by atoms with E-state index in [9.17, 15) is 9.59 Å². The Hall–Kier alpha value is -3.12. The fourth-order valence-electron chi connectivity index (χ4n) is 3.63. The highest BCUT2D eigenvalue weighted by atomic mass is 16.5. The van der Waals surface area contributed by atoms with Gasteiger partial charge < -0.3 is 15.0 Å². The van der Waals surface area contributed by atoms with Gasteiger partial charge in [0.05, 0.1) is 25.3 Å². The molecule has 144 valence electrons. The van der Waals surface area contributed by atoms with Crippen molar-refractivity contribution in [3.8, 4) is 5.75 Å². The highest BCUT2D eigenvalue weighted by molar-refractivity contribution is 6.22. The van der Waals surface area contributed by atoms with Crippen LogP contribution in [0.4, 0.5) is 5.69 Å². The zero-order valence-electron chi connectivity index (χ0n) is 16.0. The molecule has 0 saturated carbocycles. The number of amides is 2. The summed E-state index contributed by atoms with van der Waals surface area (Å²) in [5.41, 5.74) is 3.92. The van der Waals surface area contributed by atoms with Crippen molar-refractivity contribution in [2.75, 3.05) is 18.6 Å². The number of carbonyl (C=O) groups is 2. The molecule has 1 unspecified atom stereocenters. The molecular formula is C22H23N3O3. The number of rotatable bonds is 6. The van der Waals surface area contributed by atoms with Crippen molar-refractivity contribution < 1.29 is 14.3 Å². The summed E-state index contributed by atoms with van der Waals surface area (Å²) >= 11 is 0. The number of aryl methyl sites for hydroxylation is 1. The third kappa shape index (κ3) is 3.39. The van der Waals surface area contributed by atoms with Crippen LogP contribution in [0, 0.1) is 6.92 Å². The van der Waals surface area contributed by atoms with Gasteiger partial charge in [0.25, 0.3) is 5.91 Å². The number of hydrogen-bond acceptors (Lipinski definition) is 4. The highest BCUT2D eigenvalue weighted by Crippen LogP contribution is 2.25. The Morgan fingerprint density at radius 3 is 2.71 bits per heavy atom. The number of aromatic amines is 1. The number of nitrogens with one attached hydrogen (secondary N) is 2. The fraction of sp³-hybridized carbons (Fsp3) is 0.273. The lowest BCUT2D eigenvalue weighted by Gasteiger charge is -2.15. The Bertz CT molecular complexity index is 1020. The molecule has 1 saturated heterocycles. The van der Waals surface area contributed by atoms with Crippen LogP contribution in [-0.4, -0.2) is 36.5 Å². The molecule has 1 aliphatic rings. The number of methoxy groups -OCH3 is 1. The van der Waals surface area contributed by atoms with E-state index in [1.54, 1.807) is 7.11 Å². The summed E-state index contributed by atoms with van der Waals surface area (Å²) in [6, 6.07) is 12.9. The SMILES string of the molecule is COc1ccc2[nH]cc(CCNC3CC(=O)N(c4ccc(C)cc4)C3=O)c2c1. The summed E-state index contributed by atoms with van der Waals surface area (Å²) < 4.78 is 5.30. The highest BCUT2D eigenvalue weighted by Gasteiger charge is 2.39. The average molecular weight is 377 g/mol. The molecule has 3 aromatic rings.